The molecule has 1 N–H and O–H groups in total. The van der Waals surface area contributed by atoms with Crippen LogP contribution in [0, 0.1) is 0 Å². The number of thioether (sulfide) groups is 1. The fourth-order valence-corrected chi connectivity index (χ4v) is 3.11. The van der Waals surface area contributed by atoms with Gasteiger partial charge in [0.25, 0.3) is 5.91 Å². The Morgan fingerprint density at radius 1 is 1.04 bits per heavy atom. The number of benzene rings is 3. The largest absolute Gasteiger partial charge is 0.481 e. The summed E-state index contributed by atoms with van der Waals surface area (Å²) in [5.74, 6) is 0.576. The van der Waals surface area contributed by atoms with Crippen LogP contribution in [0.2, 0.25) is 0 Å². The van der Waals surface area contributed by atoms with E-state index in [4.69, 9.17) is 4.74 Å². The summed E-state index contributed by atoms with van der Waals surface area (Å²) in [5.41, 5.74) is 0.789. The second-order valence-electron chi connectivity index (χ2n) is 5.74. The minimum Gasteiger partial charge on any atom is -0.481 e. The molecule has 0 spiro atoms. The highest BCUT2D eigenvalue weighted by atomic mass is 32.2. The molecule has 0 heterocycles. The fraction of sp³-hybridized carbons (Fsp3) is 0.190. The van der Waals surface area contributed by atoms with E-state index in [0.717, 1.165) is 21.4 Å². The lowest BCUT2D eigenvalue weighted by Crippen LogP contribution is -2.32. The van der Waals surface area contributed by atoms with Crippen LogP contribution in [0.1, 0.15) is 13.3 Å². The van der Waals surface area contributed by atoms with Crippen molar-refractivity contribution in [2.24, 2.45) is 0 Å². The van der Waals surface area contributed by atoms with Crippen molar-refractivity contribution in [2.75, 3.05) is 11.6 Å². The molecule has 0 unspecified atom stereocenters. The summed E-state index contributed by atoms with van der Waals surface area (Å²) in [5, 5.41) is 5.20. The molecule has 0 saturated carbocycles. The van der Waals surface area contributed by atoms with Crippen LogP contribution in [0.5, 0.6) is 5.75 Å². The highest BCUT2D eigenvalue weighted by Gasteiger charge is 2.18. The first-order valence-corrected chi connectivity index (χ1v) is 9.52. The molecule has 0 fully saturated rings. The number of ether oxygens (including phenoxy) is 1. The van der Waals surface area contributed by atoms with Crippen LogP contribution in [0.15, 0.2) is 71.6 Å². The molecule has 0 aliphatic carbocycles. The highest BCUT2D eigenvalue weighted by Crippen LogP contribution is 2.23. The zero-order valence-electron chi connectivity index (χ0n) is 14.4. The molecular formula is C21H21NO2S. The first-order valence-electron chi connectivity index (χ1n) is 8.30. The molecule has 1 atom stereocenters. The van der Waals surface area contributed by atoms with Gasteiger partial charge in [-0.1, -0.05) is 43.3 Å². The van der Waals surface area contributed by atoms with Gasteiger partial charge in [-0.25, -0.2) is 0 Å². The van der Waals surface area contributed by atoms with Crippen LogP contribution in [-0.2, 0) is 4.79 Å². The lowest BCUT2D eigenvalue weighted by molar-refractivity contribution is -0.122. The van der Waals surface area contributed by atoms with E-state index in [1.807, 2.05) is 73.8 Å². The lowest BCUT2D eigenvalue weighted by atomic mass is 10.1. The predicted octanol–water partition coefficient (Wildman–Crippen LogP) is 5.36. The topological polar surface area (TPSA) is 38.3 Å². The molecule has 3 aromatic rings. The number of rotatable bonds is 6. The number of amides is 1. The molecule has 0 aliphatic heterocycles. The van der Waals surface area contributed by atoms with Crippen molar-refractivity contribution in [3.63, 3.8) is 0 Å². The summed E-state index contributed by atoms with van der Waals surface area (Å²) in [7, 11) is 0. The van der Waals surface area contributed by atoms with E-state index >= 15 is 0 Å². The van der Waals surface area contributed by atoms with Gasteiger partial charge >= 0.3 is 0 Å². The van der Waals surface area contributed by atoms with Crippen LogP contribution in [0.4, 0.5) is 5.69 Å². The van der Waals surface area contributed by atoms with Crippen molar-refractivity contribution >= 4 is 34.1 Å². The molecule has 3 nitrogen and oxygen atoms in total. The third-order valence-electron chi connectivity index (χ3n) is 4.00. The Morgan fingerprint density at radius 3 is 2.60 bits per heavy atom. The van der Waals surface area contributed by atoms with E-state index < -0.39 is 6.10 Å². The van der Waals surface area contributed by atoms with E-state index in [-0.39, 0.29) is 5.91 Å². The summed E-state index contributed by atoms with van der Waals surface area (Å²) >= 11 is 1.65. The van der Waals surface area contributed by atoms with E-state index in [0.29, 0.717) is 12.2 Å². The molecule has 0 saturated heterocycles. The Morgan fingerprint density at radius 2 is 1.84 bits per heavy atom. The molecule has 0 bridgehead atoms. The summed E-state index contributed by atoms with van der Waals surface area (Å²) < 4.78 is 5.95. The number of nitrogens with one attached hydrogen (secondary N) is 1. The first-order chi connectivity index (χ1) is 12.2. The van der Waals surface area contributed by atoms with Gasteiger partial charge in [0.05, 0.1) is 0 Å². The van der Waals surface area contributed by atoms with Gasteiger partial charge in [-0.15, -0.1) is 11.8 Å². The van der Waals surface area contributed by atoms with Crippen molar-refractivity contribution in [1.29, 1.82) is 0 Å². The smallest absolute Gasteiger partial charge is 0.265 e. The summed E-state index contributed by atoms with van der Waals surface area (Å²) in [6.07, 6.45) is 2.08. The van der Waals surface area contributed by atoms with Gasteiger partial charge in [0.15, 0.2) is 6.10 Å². The number of hydrogen-bond donors (Lipinski definition) is 1. The number of carbonyl (C=O) groups excluding carboxylic acids is 1. The van der Waals surface area contributed by atoms with Gasteiger partial charge in [0.1, 0.15) is 5.75 Å². The van der Waals surface area contributed by atoms with Gasteiger partial charge < -0.3 is 10.1 Å². The summed E-state index contributed by atoms with van der Waals surface area (Å²) in [6.45, 7) is 1.95. The maximum atomic E-state index is 12.6. The zero-order chi connectivity index (χ0) is 17.6. The van der Waals surface area contributed by atoms with E-state index in [2.05, 4.69) is 11.4 Å². The molecule has 0 aliphatic rings. The van der Waals surface area contributed by atoms with E-state index in [9.17, 15) is 4.79 Å². The fourth-order valence-electron chi connectivity index (χ4n) is 2.65. The Labute approximate surface area is 152 Å². The number of carbonyl (C=O) groups is 1. The molecule has 0 radical (unpaired) electrons. The van der Waals surface area contributed by atoms with Crippen molar-refractivity contribution in [3.8, 4) is 5.75 Å². The molecule has 4 heteroatoms. The van der Waals surface area contributed by atoms with E-state index in [1.165, 1.54) is 0 Å². The quantitative estimate of drug-likeness (QED) is 0.608. The van der Waals surface area contributed by atoms with Gasteiger partial charge in [0.2, 0.25) is 0 Å². The van der Waals surface area contributed by atoms with Crippen molar-refractivity contribution in [2.45, 2.75) is 24.3 Å². The average molecular weight is 351 g/mol. The molecule has 128 valence electrons. The minimum absolute atomic E-state index is 0.131. The number of hydrogen-bond acceptors (Lipinski definition) is 3. The summed E-state index contributed by atoms with van der Waals surface area (Å²) in [4.78, 5) is 13.7. The van der Waals surface area contributed by atoms with Crippen molar-refractivity contribution in [1.82, 2.24) is 0 Å². The lowest BCUT2D eigenvalue weighted by Gasteiger charge is -2.18. The van der Waals surface area contributed by atoms with Crippen molar-refractivity contribution in [3.05, 3.63) is 66.7 Å². The van der Waals surface area contributed by atoms with Crippen LogP contribution in [-0.4, -0.2) is 18.3 Å². The summed E-state index contributed by atoms with van der Waals surface area (Å²) in [6, 6.07) is 21.8. The standard InChI is InChI=1S/C21H21NO2S/c1-3-20(21(23)22-17-9-6-10-19(14-17)25-2)24-18-12-11-15-7-4-5-8-16(15)13-18/h4-14,20H,3H2,1-2H3,(H,22,23)/t20-/m1/s1. The van der Waals surface area contributed by atoms with Crippen LogP contribution in [0.25, 0.3) is 10.8 Å². The van der Waals surface area contributed by atoms with Crippen LogP contribution < -0.4 is 10.1 Å². The second kappa shape index (κ2) is 8.08. The Balaban J connectivity index is 1.72. The third kappa shape index (κ3) is 4.34. The molecule has 3 rings (SSSR count). The highest BCUT2D eigenvalue weighted by molar-refractivity contribution is 7.98. The molecule has 3 aromatic carbocycles. The van der Waals surface area contributed by atoms with Crippen molar-refractivity contribution < 1.29 is 9.53 Å². The van der Waals surface area contributed by atoms with Gasteiger partial charge in [-0.05, 0) is 53.8 Å². The van der Waals surface area contributed by atoms with Crippen LogP contribution in [0.3, 0.4) is 0 Å². The third-order valence-corrected chi connectivity index (χ3v) is 4.73. The predicted molar refractivity (Wildman–Crippen MR) is 106 cm³/mol. The normalized spacial score (nSPS) is 11.9. The Bertz CT molecular complexity index is 878. The SMILES string of the molecule is CC[C@@H](Oc1ccc2ccccc2c1)C(=O)Nc1cccc(SC)c1. The number of fused-ring (bicyclic) bond motifs is 1. The number of anilines is 1. The Hall–Kier alpha value is -2.46. The van der Waals surface area contributed by atoms with Crippen LogP contribution >= 0.6 is 11.8 Å². The minimum atomic E-state index is -0.529. The average Bonchev–Trinajstić information content (AvgIpc) is 2.66. The van der Waals surface area contributed by atoms with Gasteiger partial charge in [0, 0.05) is 10.6 Å². The second-order valence-corrected chi connectivity index (χ2v) is 6.62. The van der Waals surface area contributed by atoms with E-state index in [1.54, 1.807) is 11.8 Å². The van der Waals surface area contributed by atoms with Gasteiger partial charge in [-0.3, -0.25) is 4.79 Å². The Kier molecular flexibility index (Phi) is 5.61. The maximum absolute atomic E-state index is 12.6. The molecule has 25 heavy (non-hydrogen) atoms. The maximum Gasteiger partial charge on any atom is 0.265 e. The first kappa shape index (κ1) is 17.4. The molecule has 1 amide bonds. The zero-order valence-corrected chi connectivity index (χ0v) is 15.2. The van der Waals surface area contributed by atoms with Gasteiger partial charge in [-0.2, -0.15) is 0 Å². The molecular weight excluding hydrogens is 330 g/mol. The molecule has 0 aromatic heterocycles. The monoisotopic (exact) mass is 351 g/mol.